The Morgan fingerprint density at radius 1 is 1.09 bits per heavy atom. The zero-order valence-corrected chi connectivity index (χ0v) is 18.4. The van der Waals surface area contributed by atoms with E-state index in [-0.39, 0.29) is 12.3 Å². The number of nitrogens with zero attached hydrogens (tertiary/aromatic N) is 6. The molecule has 0 N–H and O–H groups in total. The van der Waals surface area contributed by atoms with E-state index in [2.05, 4.69) is 29.7 Å². The topological polar surface area (TPSA) is 67.3 Å². The fourth-order valence-electron chi connectivity index (χ4n) is 4.78. The van der Waals surface area contributed by atoms with Gasteiger partial charge in [-0.1, -0.05) is 7.43 Å². The molecule has 2 saturated heterocycles. The van der Waals surface area contributed by atoms with Gasteiger partial charge in [-0.15, -0.1) is 11.3 Å². The molecule has 33 heavy (non-hydrogen) atoms. The average Bonchev–Trinajstić information content (AvgIpc) is 3.35. The van der Waals surface area contributed by atoms with E-state index in [1.54, 1.807) is 25.6 Å². The Bertz CT molecular complexity index is 1090. The highest BCUT2D eigenvalue weighted by Crippen LogP contribution is 2.38. The van der Waals surface area contributed by atoms with Crippen LogP contribution < -0.4 is 9.64 Å². The first-order chi connectivity index (χ1) is 15.4. The summed E-state index contributed by atoms with van der Waals surface area (Å²) in [6.07, 6.45) is 0.980. The van der Waals surface area contributed by atoms with Crippen LogP contribution in [0.3, 0.4) is 0 Å². The van der Waals surface area contributed by atoms with Gasteiger partial charge < -0.3 is 9.64 Å². The third-order valence-electron chi connectivity index (χ3n) is 6.19. The molecule has 0 amide bonds. The van der Waals surface area contributed by atoms with Crippen molar-refractivity contribution in [2.75, 3.05) is 38.2 Å². The molecule has 0 unspecified atom stereocenters. The Balaban J connectivity index is 0.00000259. The van der Waals surface area contributed by atoms with Gasteiger partial charge in [0.05, 0.1) is 18.9 Å². The van der Waals surface area contributed by atoms with Crippen molar-refractivity contribution in [2.24, 2.45) is 11.8 Å². The van der Waals surface area contributed by atoms with Crippen molar-refractivity contribution in [3.05, 3.63) is 35.2 Å². The fourth-order valence-corrected chi connectivity index (χ4v) is 5.80. The maximum Gasteiger partial charge on any atom is 0.393 e. The highest BCUT2D eigenvalue weighted by molar-refractivity contribution is 7.18. The van der Waals surface area contributed by atoms with E-state index >= 15 is 0 Å². The van der Waals surface area contributed by atoms with Crippen LogP contribution in [0.4, 0.5) is 19.0 Å². The number of halogens is 3. The smallest absolute Gasteiger partial charge is 0.393 e. The number of piperidine rings is 1. The number of hydrogen-bond acceptors (Lipinski definition) is 8. The largest absolute Gasteiger partial charge is 0.467 e. The second-order valence-corrected chi connectivity index (χ2v) is 9.56. The first-order valence-corrected chi connectivity index (χ1v) is 11.3. The van der Waals surface area contributed by atoms with E-state index in [1.165, 1.54) is 6.33 Å². The second kappa shape index (κ2) is 9.38. The number of alkyl halides is 3. The Labute approximate surface area is 194 Å². The van der Waals surface area contributed by atoms with Crippen LogP contribution in [-0.2, 0) is 13.0 Å². The molecule has 11 heteroatoms. The average molecular weight is 481 g/mol. The molecule has 0 spiro atoms. The lowest BCUT2D eigenvalue weighted by atomic mass is 9.88. The summed E-state index contributed by atoms with van der Waals surface area (Å²) >= 11 is 1.10. The lowest BCUT2D eigenvalue weighted by molar-refractivity contribution is -0.126. The molecule has 2 aliphatic heterocycles. The molecular weight excluding hydrogens is 453 g/mol. The lowest BCUT2D eigenvalue weighted by Crippen LogP contribution is -2.39. The summed E-state index contributed by atoms with van der Waals surface area (Å²) in [6.45, 7) is 4.46. The molecular formula is C22H27F3N6OS. The number of anilines is 1. The van der Waals surface area contributed by atoms with E-state index < -0.39 is 12.6 Å². The van der Waals surface area contributed by atoms with Crippen LogP contribution in [0.1, 0.15) is 24.3 Å². The second-order valence-electron chi connectivity index (χ2n) is 8.45. The van der Waals surface area contributed by atoms with Crippen LogP contribution in [-0.4, -0.2) is 64.3 Å². The quantitative estimate of drug-likeness (QED) is 0.543. The first-order valence-electron chi connectivity index (χ1n) is 10.5. The van der Waals surface area contributed by atoms with E-state index in [9.17, 15) is 13.2 Å². The van der Waals surface area contributed by atoms with Gasteiger partial charge >= 0.3 is 12.2 Å². The van der Waals surface area contributed by atoms with Crippen molar-refractivity contribution in [1.29, 1.82) is 0 Å². The van der Waals surface area contributed by atoms with Crippen LogP contribution in [0.25, 0.3) is 10.2 Å². The molecule has 2 fully saturated rings. The number of ether oxygens (including phenoxy) is 1. The molecule has 5 rings (SSSR count). The molecule has 2 atom stereocenters. The third-order valence-corrected chi connectivity index (χ3v) is 7.23. The third kappa shape index (κ3) is 5.19. The van der Waals surface area contributed by atoms with Crippen molar-refractivity contribution in [1.82, 2.24) is 24.8 Å². The van der Waals surface area contributed by atoms with Gasteiger partial charge in [0.25, 0.3) is 0 Å². The Kier molecular flexibility index (Phi) is 6.71. The summed E-state index contributed by atoms with van der Waals surface area (Å²) in [7, 11) is 1.55. The van der Waals surface area contributed by atoms with E-state index in [0.717, 1.165) is 67.2 Å². The molecule has 2 aliphatic rings. The molecule has 0 aliphatic carbocycles. The Hall–Kier alpha value is -2.53. The number of thiophene rings is 1. The van der Waals surface area contributed by atoms with Crippen molar-refractivity contribution < 1.29 is 17.9 Å². The summed E-state index contributed by atoms with van der Waals surface area (Å²) in [6, 6.07) is 1.97. The van der Waals surface area contributed by atoms with E-state index in [0.29, 0.717) is 22.7 Å². The summed E-state index contributed by atoms with van der Waals surface area (Å²) in [5, 5.41) is 0.725. The molecule has 3 aromatic rings. The Morgan fingerprint density at radius 2 is 1.85 bits per heavy atom. The number of hydrogen-bond donors (Lipinski definition) is 0. The van der Waals surface area contributed by atoms with Gasteiger partial charge in [0, 0.05) is 49.0 Å². The SMILES string of the molecule is C.COc1ncc(CN2CC[C@@H]3CN(c4ncnc5sc(CC(F)(F)F)cc45)C[C@@H]3C2)cn1. The normalized spacial score (nSPS) is 21.2. The standard InChI is InChI=1S/C21H23F3N6OS.CH4/c1-31-20-25-6-13(7-26-20)8-29-3-2-14-10-30(11-15(14)9-29)18-17-4-16(5-21(22,23)24)32-19(17)28-12-27-18;/h4,6-7,12,14-15H,2-3,5,8-11H2,1H3;1H4/t14-,15+;/m1./s1. The minimum absolute atomic E-state index is 0. The predicted molar refractivity (Wildman–Crippen MR) is 122 cm³/mol. The van der Waals surface area contributed by atoms with Gasteiger partial charge in [0.1, 0.15) is 17.0 Å². The maximum absolute atomic E-state index is 12.8. The van der Waals surface area contributed by atoms with E-state index in [4.69, 9.17) is 4.74 Å². The van der Waals surface area contributed by atoms with Crippen LogP contribution in [0.5, 0.6) is 6.01 Å². The maximum atomic E-state index is 12.8. The molecule has 0 radical (unpaired) electrons. The minimum atomic E-state index is -4.23. The number of methoxy groups -OCH3 is 1. The lowest BCUT2D eigenvalue weighted by Gasteiger charge is -2.34. The zero-order valence-electron chi connectivity index (χ0n) is 17.5. The van der Waals surface area contributed by atoms with Crippen LogP contribution in [0.2, 0.25) is 0 Å². The van der Waals surface area contributed by atoms with Gasteiger partial charge in [0.2, 0.25) is 0 Å². The number of likely N-dealkylation sites (tertiary alicyclic amines) is 1. The molecule has 0 bridgehead atoms. The van der Waals surface area contributed by atoms with Crippen molar-refractivity contribution >= 4 is 27.4 Å². The highest BCUT2D eigenvalue weighted by Gasteiger charge is 2.38. The first kappa shape index (κ1) is 23.6. The molecule has 5 heterocycles. The van der Waals surface area contributed by atoms with Gasteiger partial charge in [-0.25, -0.2) is 19.9 Å². The van der Waals surface area contributed by atoms with Crippen molar-refractivity contribution in [3.8, 4) is 6.01 Å². The number of fused-ring (bicyclic) bond motifs is 2. The van der Waals surface area contributed by atoms with Crippen LogP contribution in [0.15, 0.2) is 24.8 Å². The molecule has 178 valence electrons. The van der Waals surface area contributed by atoms with Crippen LogP contribution >= 0.6 is 11.3 Å². The fraction of sp³-hybridized carbons (Fsp3) is 0.545. The molecule has 0 aromatic carbocycles. The van der Waals surface area contributed by atoms with Gasteiger partial charge in [-0.3, -0.25) is 4.90 Å². The monoisotopic (exact) mass is 480 g/mol. The van der Waals surface area contributed by atoms with E-state index in [1.807, 2.05) is 0 Å². The van der Waals surface area contributed by atoms with Crippen molar-refractivity contribution in [2.45, 2.75) is 33.0 Å². The summed E-state index contributed by atoms with van der Waals surface area (Å²) in [5.74, 6) is 1.79. The zero-order chi connectivity index (χ0) is 22.3. The predicted octanol–water partition coefficient (Wildman–Crippen LogP) is 4.19. The summed E-state index contributed by atoms with van der Waals surface area (Å²) in [5.41, 5.74) is 1.05. The Morgan fingerprint density at radius 3 is 2.58 bits per heavy atom. The highest BCUT2D eigenvalue weighted by atomic mass is 32.1. The number of aromatic nitrogens is 4. The molecule has 3 aromatic heterocycles. The van der Waals surface area contributed by atoms with Crippen molar-refractivity contribution in [3.63, 3.8) is 0 Å². The van der Waals surface area contributed by atoms with Gasteiger partial charge in [-0.05, 0) is 30.9 Å². The number of rotatable bonds is 5. The molecule has 0 saturated carbocycles. The molecule has 7 nitrogen and oxygen atoms in total. The van der Waals surface area contributed by atoms with Gasteiger partial charge in [0.15, 0.2) is 0 Å². The van der Waals surface area contributed by atoms with Gasteiger partial charge in [-0.2, -0.15) is 13.2 Å². The summed E-state index contributed by atoms with van der Waals surface area (Å²) < 4.78 is 43.6. The summed E-state index contributed by atoms with van der Waals surface area (Å²) in [4.78, 5) is 22.6. The van der Waals surface area contributed by atoms with Crippen LogP contribution in [0, 0.1) is 11.8 Å². The minimum Gasteiger partial charge on any atom is -0.467 e.